The molecular formula is C14H20BrNO3. The third-order valence-corrected chi connectivity index (χ3v) is 2.77. The number of rotatable bonds is 4. The molecule has 0 unspecified atom stereocenters. The van der Waals surface area contributed by atoms with Crippen LogP contribution in [-0.2, 0) is 9.47 Å². The molecular weight excluding hydrogens is 310 g/mol. The molecule has 1 amide bonds. The molecule has 1 N–H and O–H groups in total. The zero-order valence-electron chi connectivity index (χ0n) is 11.7. The fraction of sp³-hybridized carbons (Fsp3) is 0.500. The molecule has 0 aliphatic heterocycles. The van der Waals surface area contributed by atoms with Crippen LogP contribution in [0.25, 0.3) is 0 Å². The molecule has 0 aromatic heterocycles. The Bertz CT molecular complexity index is 429. The monoisotopic (exact) mass is 329 g/mol. The van der Waals surface area contributed by atoms with Gasteiger partial charge in [-0.3, -0.25) is 0 Å². The fourth-order valence-corrected chi connectivity index (χ4v) is 1.98. The van der Waals surface area contributed by atoms with Gasteiger partial charge >= 0.3 is 6.09 Å². The van der Waals surface area contributed by atoms with Gasteiger partial charge in [0.05, 0.1) is 12.6 Å². The molecule has 0 saturated carbocycles. The van der Waals surface area contributed by atoms with E-state index in [4.69, 9.17) is 9.47 Å². The molecule has 0 fully saturated rings. The van der Waals surface area contributed by atoms with Gasteiger partial charge in [0.1, 0.15) is 5.60 Å². The van der Waals surface area contributed by atoms with Crippen LogP contribution in [0.3, 0.4) is 0 Å². The summed E-state index contributed by atoms with van der Waals surface area (Å²) in [7, 11) is 1.60. The van der Waals surface area contributed by atoms with E-state index in [0.717, 1.165) is 10.0 Å². The largest absolute Gasteiger partial charge is 0.444 e. The van der Waals surface area contributed by atoms with Gasteiger partial charge in [-0.2, -0.15) is 0 Å². The second kappa shape index (κ2) is 6.91. The Morgan fingerprint density at radius 3 is 2.63 bits per heavy atom. The van der Waals surface area contributed by atoms with Crippen molar-refractivity contribution in [3.8, 4) is 0 Å². The van der Waals surface area contributed by atoms with Crippen LogP contribution >= 0.6 is 15.9 Å². The average molecular weight is 330 g/mol. The molecule has 5 heteroatoms. The van der Waals surface area contributed by atoms with E-state index in [9.17, 15) is 4.79 Å². The van der Waals surface area contributed by atoms with Crippen LogP contribution in [0.2, 0.25) is 0 Å². The highest BCUT2D eigenvalue weighted by atomic mass is 79.9. The van der Waals surface area contributed by atoms with Crippen LogP contribution in [0.15, 0.2) is 28.7 Å². The Balaban J connectivity index is 2.76. The number of benzene rings is 1. The molecule has 0 aliphatic rings. The number of ether oxygens (including phenoxy) is 2. The Morgan fingerprint density at radius 1 is 1.42 bits per heavy atom. The van der Waals surface area contributed by atoms with Crippen molar-refractivity contribution in [3.05, 3.63) is 34.3 Å². The van der Waals surface area contributed by atoms with Gasteiger partial charge in [-0.25, -0.2) is 4.79 Å². The van der Waals surface area contributed by atoms with E-state index < -0.39 is 11.7 Å². The number of amides is 1. The second-order valence-corrected chi connectivity index (χ2v) is 6.12. The van der Waals surface area contributed by atoms with Crippen LogP contribution in [0.1, 0.15) is 32.4 Å². The van der Waals surface area contributed by atoms with E-state index in [-0.39, 0.29) is 6.04 Å². The zero-order valence-corrected chi connectivity index (χ0v) is 13.3. The van der Waals surface area contributed by atoms with Crippen molar-refractivity contribution in [1.29, 1.82) is 0 Å². The minimum Gasteiger partial charge on any atom is -0.444 e. The van der Waals surface area contributed by atoms with Crippen LogP contribution in [0, 0.1) is 0 Å². The standard InChI is InChI=1S/C14H20BrNO3/c1-14(2,3)19-13(17)16-12(9-18-4)10-6-5-7-11(15)8-10/h5-8,12H,9H2,1-4H3,(H,16,17)/t12-/m1/s1. The Morgan fingerprint density at radius 2 is 2.11 bits per heavy atom. The predicted octanol–water partition coefficient (Wildman–Crippen LogP) is 3.66. The van der Waals surface area contributed by atoms with Gasteiger partial charge in [-0.05, 0) is 38.5 Å². The number of hydrogen-bond donors (Lipinski definition) is 1. The quantitative estimate of drug-likeness (QED) is 0.916. The first-order chi connectivity index (χ1) is 8.81. The molecule has 0 radical (unpaired) electrons. The van der Waals surface area contributed by atoms with Crippen molar-refractivity contribution in [3.63, 3.8) is 0 Å². The Hall–Kier alpha value is -1.07. The van der Waals surface area contributed by atoms with E-state index in [1.807, 2.05) is 45.0 Å². The molecule has 1 aromatic rings. The van der Waals surface area contributed by atoms with Crippen molar-refractivity contribution in [2.45, 2.75) is 32.4 Å². The first-order valence-corrected chi connectivity index (χ1v) is 6.85. The van der Waals surface area contributed by atoms with Gasteiger partial charge in [0.15, 0.2) is 0 Å². The van der Waals surface area contributed by atoms with Crippen molar-refractivity contribution in [2.24, 2.45) is 0 Å². The van der Waals surface area contributed by atoms with Crippen LogP contribution in [0.4, 0.5) is 4.79 Å². The van der Waals surface area contributed by atoms with Gasteiger partial charge in [-0.1, -0.05) is 28.1 Å². The molecule has 0 spiro atoms. The molecule has 106 valence electrons. The number of halogens is 1. The zero-order chi connectivity index (χ0) is 14.5. The SMILES string of the molecule is COC[C@@H](NC(=O)OC(C)(C)C)c1cccc(Br)c1. The third-order valence-electron chi connectivity index (χ3n) is 2.28. The fourth-order valence-electron chi connectivity index (χ4n) is 1.56. The van der Waals surface area contributed by atoms with Gasteiger partial charge in [0.2, 0.25) is 0 Å². The normalized spacial score (nSPS) is 12.9. The van der Waals surface area contributed by atoms with E-state index in [1.165, 1.54) is 0 Å². The average Bonchev–Trinajstić information content (AvgIpc) is 2.26. The smallest absolute Gasteiger partial charge is 0.408 e. The summed E-state index contributed by atoms with van der Waals surface area (Å²) < 4.78 is 11.3. The number of alkyl carbamates (subject to hydrolysis) is 1. The highest BCUT2D eigenvalue weighted by Gasteiger charge is 2.20. The first kappa shape index (κ1) is 16.0. The first-order valence-electron chi connectivity index (χ1n) is 6.06. The number of nitrogens with one attached hydrogen (secondary N) is 1. The van der Waals surface area contributed by atoms with Gasteiger partial charge < -0.3 is 14.8 Å². The molecule has 0 bridgehead atoms. The van der Waals surface area contributed by atoms with E-state index in [2.05, 4.69) is 21.2 Å². The molecule has 1 aromatic carbocycles. The van der Waals surface area contributed by atoms with E-state index in [0.29, 0.717) is 6.61 Å². The van der Waals surface area contributed by atoms with Crippen molar-refractivity contribution in [1.82, 2.24) is 5.32 Å². The summed E-state index contributed by atoms with van der Waals surface area (Å²) in [5, 5.41) is 2.81. The summed E-state index contributed by atoms with van der Waals surface area (Å²) in [4.78, 5) is 11.8. The van der Waals surface area contributed by atoms with Crippen LogP contribution in [0.5, 0.6) is 0 Å². The van der Waals surface area contributed by atoms with Crippen molar-refractivity contribution in [2.75, 3.05) is 13.7 Å². The molecule has 4 nitrogen and oxygen atoms in total. The lowest BCUT2D eigenvalue weighted by Crippen LogP contribution is -2.36. The minimum atomic E-state index is -0.515. The van der Waals surface area contributed by atoms with E-state index >= 15 is 0 Å². The number of hydrogen-bond acceptors (Lipinski definition) is 3. The highest BCUT2D eigenvalue weighted by Crippen LogP contribution is 2.19. The van der Waals surface area contributed by atoms with Crippen molar-refractivity contribution >= 4 is 22.0 Å². The minimum absolute atomic E-state index is 0.239. The second-order valence-electron chi connectivity index (χ2n) is 5.21. The number of carbonyl (C=O) groups is 1. The molecule has 0 heterocycles. The summed E-state index contributed by atoms with van der Waals surface area (Å²) in [5.41, 5.74) is 0.445. The predicted molar refractivity (Wildman–Crippen MR) is 78.1 cm³/mol. The summed E-state index contributed by atoms with van der Waals surface area (Å²) in [5.74, 6) is 0. The Kier molecular flexibility index (Phi) is 5.82. The van der Waals surface area contributed by atoms with Gasteiger partial charge in [-0.15, -0.1) is 0 Å². The molecule has 19 heavy (non-hydrogen) atoms. The van der Waals surface area contributed by atoms with Gasteiger partial charge in [0, 0.05) is 11.6 Å². The maximum atomic E-state index is 11.8. The third kappa shape index (κ3) is 6.07. The van der Waals surface area contributed by atoms with E-state index in [1.54, 1.807) is 7.11 Å². The van der Waals surface area contributed by atoms with Crippen LogP contribution < -0.4 is 5.32 Å². The molecule has 0 aliphatic carbocycles. The summed E-state index contributed by atoms with van der Waals surface area (Å²) in [6, 6.07) is 7.49. The lowest BCUT2D eigenvalue weighted by molar-refractivity contribution is 0.0468. The molecule has 1 atom stereocenters. The summed E-state index contributed by atoms with van der Waals surface area (Å²) in [6.45, 7) is 5.88. The summed E-state index contributed by atoms with van der Waals surface area (Å²) >= 11 is 3.41. The lowest BCUT2D eigenvalue weighted by atomic mass is 10.1. The maximum Gasteiger partial charge on any atom is 0.408 e. The summed E-state index contributed by atoms with van der Waals surface area (Å²) in [6.07, 6.45) is -0.450. The number of methoxy groups -OCH3 is 1. The lowest BCUT2D eigenvalue weighted by Gasteiger charge is -2.23. The topological polar surface area (TPSA) is 47.6 Å². The van der Waals surface area contributed by atoms with Gasteiger partial charge in [0.25, 0.3) is 0 Å². The highest BCUT2D eigenvalue weighted by molar-refractivity contribution is 9.10. The Labute approximate surface area is 122 Å². The maximum absolute atomic E-state index is 11.8. The number of carbonyl (C=O) groups excluding carboxylic acids is 1. The van der Waals surface area contributed by atoms with Crippen LogP contribution in [-0.4, -0.2) is 25.4 Å². The molecule has 0 saturated heterocycles. The molecule has 1 rings (SSSR count). The van der Waals surface area contributed by atoms with Crippen molar-refractivity contribution < 1.29 is 14.3 Å².